The first-order valence-electron chi connectivity index (χ1n) is 7.10. The molecule has 0 fully saturated rings. The number of ketones is 2. The van der Waals surface area contributed by atoms with Crippen LogP contribution in [0.1, 0.15) is 34.6 Å². The molecule has 0 aliphatic heterocycles. The summed E-state index contributed by atoms with van der Waals surface area (Å²) < 4.78 is 19.2. The molecule has 1 aromatic carbocycles. The van der Waals surface area contributed by atoms with Gasteiger partial charge in [-0.2, -0.15) is 0 Å². The molecular formula is C16H14O8. The second kappa shape index (κ2) is 7.40. The summed E-state index contributed by atoms with van der Waals surface area (Å²) in [6.45, 7) is 3.30. The van der Waals surface area contributed by atoms with Crippen LogP contribution in [0.2, 0.25) is 0 Å². The van der Waals surface area contributed by atoms with E-state index < -0.39 is 23.9 Å². The third-order valence-corrected chi connectivity index (χ3v) is 2.91. The highest BCUT2D eigenvalue weighted by atomic mass is 16.7. The van der Waals surface area contributed by atoms with Gasteiger partial charge >= 0.3 is 12.3 Å². The van der Waals surface area contributed by atoms with Gasteiger partial charge in [-0.25, -0.2) is 9.59 Å². The zero-order valence-corrected chi connectivity index (χ0v) is 13.0. The highest BCUT2D eigenvalue weighted by Crippen LogP contribution is 2.34. The number of carbonyl (C=O) groups is 4. The summed E-state index contributed by atoms with van der Waals surface area (Å²) >= 11 is 0. The van der Waals surface area contributed by atoms with Crippen molar-refractivity contribution in [2.75, 3.05) is 13.2 Å². The summed E-state index contributed by atoms with van der Waals surface area (Å²) in [5.41, 5.74) is 0.0519. The summed E-state index contributed by atoms with van der Waals surface area (Å²) in [5, 5.41) is 0. The van der Waals surface area contributed by atoms with Crippen LogP contribution in [-0.4, -0.2) is 37.1 Å². The van der Waals surface area contributed by atoms with Gasteiger partial charge in [0.15, 0.2) is 23.1 Å². The predicted octanol–water partition coefficient (Wildman–Crippen LogP) is 2.69. The molecule has 0 radical (unpaired) electrons. The molecule has 1 aliphatic rings. The maximum atomic E-state index is 11.9. The molecule has 0 unspecified atom stereocenters. The van der Waals surface area contributed by atoms with Crippen LogP contribution in [-0.2, 0) is 9.47 Å². The van der Waals surface area contributed by atoms with Crippen molar-refractivity contribution in [1.29, 1.82) is 0 Å². The molecule has 0 saturated carbocycles. The second-order valence-corrected chi connectivity index (χ2v) is 4.48. The van der Waals surface area contributed by atoms with Gasteiger partial charge in [0.05, 0.1) is 13.2 Å². The van der Waals surface area contributed by atoms with E-state index in [9.17, 15) is 19.2 Å². The van der Waals surface area contributed by atoms with Crippen LogP contribution in [0, 0.1) is 0 Å². The SMILES string of the molecule is CCOC(=O)Oc1cc2c(cc1OC(=O)OCC)C(=O)C=CC2=O. The van der Waals surface area contributed by atoms with Gasteiger partial charge < -0.3 is 18.9 Å². The number of hydrogen-bond donors (Lipinski definition) is 0. The molecule has 0 amide bonds. The Balaban J connectivity index is 2.43. The van der Waals surface area contributed by atoms with E-state index in [4.69, 9.17) is 9.47 Å². The van der Waals surface area contributed by atoms with Crippen LogP contribution in [0.25, 0.3) is 0 Å². The van der Waals surface area contributed by atoms with Crippen LogP contribution in [0.15, 0.2) is 24.3 Å². The Morgan fingerprint density at radius 1 is 0.792 bits per heavy atom. The number of fused-ring (bicyclic) bond motifs is 1. The standard InChI is InChI=1S/C16H14O8/c1-3-21-15(19)23-13-7-9-10(12(18)6-5-11(9)17)8-14(13)24-16(20)22-4-2/h5-8H,3-4H2,1-2H3. The van der Waals surface area contributed by atoms with Crippen molar-refractivity contribution >= 4 is 23.9 Å². The van der Waals surface area contributed by atoms with Crippen molar-refractivity contribution in [2.45, 2.75) is 13.8 Å². The van der Waals surface area contributed by atoms with Crippen molar-refractivity contribution in [2.24, 2.45) is 0 Å². The molecule has 1 aromatic rings. The molecule has 126 valence electrons. The predicted molar refractivity (Wildman–Crippen MR) is 79.5 cm³/mol. The molecule has 0 spiro atoms. The number of benzene rings is 1. The van der Waals surface area contributed by atoms with E-state index in [-0.39, 0.29) is 35.8 Å². The molecule has 0 bridgehead atoms. The zero-order valence-electron chi connectivity index (χ0n) is 13.0. The fourth-order valence-corrected chi connectivity index (χ4v) is 1.93. The lowest BCUT2D eigenvalue weighted by Gasteiger charge is -2.15. The summed E-state index contributed by atoms with van der Waals surface area (Å²) in [4.78, 5) is 46.8. The molecule has 0 heterocycles. The quantitative estimate of drug-likeness (QED) is 0.611. The third-order valence-electron chi connectivity index (χ3n) is 2.91. The number of rotatable bonds is 4. The lowest BCUT2D eigenvalue weighted by Crippen LogP contribution is -2.17. The normalized spacial score (nSPS) is 12.4. The van der Waals surface area contributed by atoms with Crippen LogP contribution in [0.3, 0.4) is 0 Å². The lowest BCUT2D eigenvalue weighted by molar-refractivity contribution is 0.0933. The molecule has 24 heavy (non-hydrogen) atoms. The highest BCUT2D eigenvalue weighted by molar-refractivity contribution is 6.22. The largest absolute Gasteiger partial charge is 0.513 e. The Hall–Kier alpha value is -3.16. The molecule has 8 heteroatoms. The number of allylic oxidation sites excluding steroid dienone is 2. The van der Waals surface area contributed by atoms with E-state index in [1.54, 1.807) is 13.8 Å². The van der Waals surface area contributed by atoms with E-state index in [2.05, 4.69) is 9.47 Å². The number of ether oxygens (including phenoxy) is 4. The second-order valence-electron chi connectivity index (χ2n) is 4.48. The van der Waals surface area contributed by atoms with Crippen LogP contribution < -0.4 is 9.47 Å². The minimum Gasteiger partial charge on any atom is -0.434 e. The Morgan fingerprint density at radius 3 is 1.50 bits per heavy atom. The third kappa shape index (κ3) is 3.78. The van der Waals surface area contributed by atoms with Gasteiger partial charge in [-0.1, -0.05) is 0 Å². The molecule has 2 rings (SSSR count). The molecule has 0 N–H and O–H groups in total. The van der Waals surface area contributed by atoms with Crippen molar-refractivity contribution in [1.82, 2.24) is 0 Å². The maximum absolute atomic E-state index is 11.9. The molecule has 0 saturated heterocycles. The van der Waals surface area contributed by atoms with Crippen molar-refractivity contribution < 1.29 is 38.1 Å². The molecule has 0 atom stereocenters. The average Bonchev–Trinajstić information content (AvgIpc) is 2.52. The van der Waals surface area contributed by atoms with Crippen LogP contribution in [0.4, 0.5) is 9.59 Å². The number of hydrogen-bond acceptors (Lipinski definition) is 8. The fourth-order valence-electron chi connectivity index (χ4n) is 1.93. The van der Waals surface area contributed by atoms with Gasteiger partial charge in [0.25, 0.3) is 0 Å². The molecule has 1 aliphatic carbocycles. The molecule has 8 nitrogen and oxygen atoms in total. The van der Waals surface area contributed by atoms with Crippen molar-refractivity contribution in [3.63, 3.8) is 0 Å². The summed E-state index contributed by atoms with van der Waals surface area (Å²) in [6.07, 6.45) is 0.114. The number of carbonyl (C=O) groups excluding carboxylic acids is 4. The minimum absolute atomic E-state index is 0.0259. The zero-order chi connectivity index (χ0) is 17.7. The van der Waals surface area contributed by atoms with E-state index in [1.165, 1.54) is 0 Å². The molecular weight excluding hydrogens is 320 g/mol. The molecule has 0 aromatic heterocycles. The van der Waals surface area contributed by atoms with Gasteiger partial charge in [-0.05, 0) is 38.1 Å². The topological polar surface area (TPSA) is 105 Å². The maximum Gasteiger partial charge on any atom is 0.513 e. The van der Waals surface area contributed by atoms with E-state index >= 15 is 0 Å². The van der Waals surface area contributed by atoms with Crippen molar-refractivity contribution in [3.05, 3.63) is 35.4 Å². The summed E-state index contributed by atoms with van der Waals surface area (Å²) in [6, 6.07) is 2.29. The highest BCUT2D eigenvalue weighted by Gasteiger charge is 2.25. The smallest absolute Gasteiger partial charge is 0.434 e. The van der Waals surface area contributed by atoms with Gasteiger partial charge in [-0.15, -0.1) is 0 Å². The summed E-state index contributed by atoms with van der Waals surface area (Å²) in [7, 11) is 0. The van der Waals surface area contributed by atoms with E-state index in [0.29, 0.717) is 0 Å². The first-order chi connectivity index (χ1) is 11.5. The van der Waals surface area contributed by atoms with Crippen LogP contribution in [0.5, 0.6) is 11.5 Å². The Bertz CT molecular complexity index is 671. The first kappa shape index (κ1) is 17.2. The van der Waals surface area contributed by atoms with Gasteiger partial charge in [0.2, 0.25) is 0 Å². The summed E-state index contributed by atoms with van der Waals surface area (Å²) in [5.74, 6) is -1.37. The Labute approximate surface area is 136 Å². The van der Waals surface area contributed by atoms with Crippen LogP contribution >= 0.6 is 0 Å². The monoisotopic (exact) mass is 334 g/mol. The van der Waals surface area contributed by atoms with Crippen molar-refractivity contribution in [3.8, 4) is 11.5 Å². The Kier molecular flexibility index (Phi) is 5.31. The van der Waals surface area contributed by atoms with E-state index in [1.807, 2.05) is 0 Å². The van der Waals surface area contributed by atoms with Gasteiger partial charge in [-0.3, -0.25) is 9.59 Å². The minimum atomic E-state index is -1.05. The average molecular weight is 334 g/mol. The first-order valence-corrected chi connectivity index (χ1v) is 7.10. The van der Waals surface area contributed by atoms with E-state index in [0.717, 1.165) is 24.3 Å². The van der Waals surface area contributed by atoms with Gasteiger partial charge in [0.1, 0.15) is 0 Å². The fraction of sp³-hybridized carbons (Fsp3) is 0.250. The Morgan fingerprint density at radius 2 is 1.17 bits per heavy atom. The van der Waals surface area contributed by atoms with Gasteiger partial charge in [0, 0.05) is 11.1 Å². The lowest BCUT2D eigenvalue weighted by atomic mass is 9.94.